The summed E-state index contributed by atoms with van der Waals surface area (Å²) in [6.45, 7) is 0. The quantitative estimate of drug-likeness (QED) is 0.811. The number of hydrogen-bond donors (Lipinski definition) is 1. The molecule has 0 heterocycles. The van der Waals surface area contributed by atoms with E-state index in [-0.39, 0.29) is 5.91 Å². The highest BCUT2D eigenvalue weighted by Gasteiger charge is 2.12. The second-order valence-electron chi connectivity index (χ2n) is 5.41. The predicted molar refractivity (Wildman–Crippen MR) is 84.7 cm³/mol. The molecule has 2 nitrogen and oxygen atoms in total. The van der Waals surface area contributed by atoms with Gasteiger partial charge in [-0.25, -0.2) is 0 Å². The highest BCUT2D eigenvalue weighted by Crippen LogP contribution is 2.18. The summed E-state index contributed by atoms with van der Waals surface area (Å²) < 4.78 is 0. The second kappa shape index (κ2) is 8.11. The molecule has 0 atom stereocenters. The van der Waals surface area contributed by atoms with Gasteiger partial charge in [0.15, 0.2) is 0 Å². The molecule has 1 aliphatic rings. The summed E-state index contributed by atoms with van der Waals surface area (Å²) >= 11 is 6.06. The summed E-state index contributed by atoms with van der Waals surface area (Å²) in [5, 5.41) is 3.78. The van der Waals surface area contributed by atoms with E-state index < -0.39 is 0 Å². The van der Waals surface area contributed by atoms with Crippen molar-refractivity contribution in [2.75, 3.05) is 0 Å². The zero-order valence-electron chi connectivity index (χ0n) is 11.8. The van der Waals surface area contributed by atoms with Gasteiger partial charge in [-0.15, -0.1) is 0 Å². The minimum absolute atomic E-state index is 0.0181. The number of rotatable bonds is 3. The lowest BCUT2D eigenvalue weighted by molar-refractivity contribution is -0.117. The maximum atomic E-state index is 12.0. The molecular formula is C17H22ClNO. The smallest absolute Gasteiger partial charge is 0.244 e. The maximum Gasteiger partial charge on any atom is 0.244 e. The topological polar surface area (TPSA) is 29.1 Å². The van der Waals surface area contributed by atoms with Gasteiger partial charge in [-0.2, -0.15) is 0 Å². The van der Waals surface area contributed by atoms with E-state index in [4.69, 9.17) is 11.6 Å². The summed E-state index contributed by atoms with van der Waals surface area (Å²) in [6.07, 6.45) is 11.9. The van der Waals surface area contributed by atoms with Gasteiger partial charge < -0.3 is 5.32 Å². The van der Waals surface area contributed by atoms with Crippen molar-refractivity contribution in [1.29, 1.82) is 0 Å². The number of nitrogens with one attached hydrogen (secondary N) is 1. The van der Waals surface area contributed by atoms with E-state index >= 15 is 0 Å². The largest absolute Gasteiger partial charge is 0.350 e. The van der Waals surface area contributed by atoms with E-state index in [2.05, 4.69) is 5.32 Å². The van der Waals surface area contributed by atoms with Gasteiger partial charge in [-0.3, -0.25) is 4.79 Å². The first-order valence-corrected chi connectivity index (χ1v) is 7.86. The Morgan fingerprint density at radius 1 is 1.10 bits per heavy atom. The Hall–Kier alpha value is -1.28. The molecule has 0 bridgehead atoms. The molecule has 1 saturated carbocycles. The van der Waals surface area contributed by atoms with Crippen molar-refractivity contribution >= 4 is 23.6 Å². The molecule has 0 unspecified atom stereocenters. The van der Waals surface area contributed by atoms with Crippen molar-refractivity contribution in [2.24, 2.45) is 0 Å². The van der Waals surface area contributed by atoms with E-state index in [9.17, 15) is 4.79 Å². The fourth-order valence-electron chi connectivity index (χ4n) is 2.63. The van der Waals surface area contributed by atoms with E-state index in [1.165, 1.54) is 32.1 Å². The third kappa shape index (κ3) is 5.01. The zero-order valence-corrected chi connectivity index (χ0v) is 12.5. The van der Waals surface area contributed by atoms with Gasteiger partial charge in [0, 0.05) is 17.1 Å². The van der Waals surface area contributed by atoms with Gasteiger partial charge in [-0.1, -0.05) is 61.9 Å². The minimum Gasteiger partial charge on any atom is -0.350 e. The fraction of sp³-hybridized carbons (Fsp3) is 0.471. The number of carbonyl (C=O) groups excluding carboxylic acids is 1. The van der Waals surface area contributed by atoms with Crippen molar-refractivity contribution in [3.63, 3.8) is 0 Å². The average Bonchev–Trinajstić information content (AvgIpc) is 2.41. The Morgan fingerprint density at radius 3 is 2.45 bits per heavy atom. The SMILES string of the molecule is O=C(C=Cc1ccccc1Cl)NC1CCCCCCC1. The monoisotopic (exact) mass is 291 g/mol. The van der Waals surface area contributed by atoms with Crippen LogP contribution in [0.25, 0.3) is 6.08 Å². The Morgan fingerprint density at radius 2 is 1.75 bits per heavy atom. The molecule has 1 aromatic carbocycles. The highest BCUT2D eigenvalue weighted by atomic mass is 35.5. The third-order valence-electron chi connectivity index (χ3n) is 3.77. The van der Waals surface area contributed by atoms with Crippen LogP contribution in [-0.4, -0.2) is 11.9 Å². The van der Waals surface area contributed by atoms with E-state index in [1.807, 2.05) is 24.3 Å². The van der Waals surface area contributed by atoms with Gasteiger partial charge in [0.25, 0.3) is 0 Å². The van der Waals surface area contributed by atoms with Crippen LogP contribution in [0.1, 0.15) is 50.5 Å². The molecule has 1 aliphatic carbocycles. The molecule has 0 spiro atoms. The fourth-order valence-corrected chi connectivity index (χ4v) is 2.82. The zero-order chi connectivity index (χ0) is 14.2. The van der Waals surface area contributed by atoms with Gasteiger partial charge >= 0.3 is 0 Å². The molecule has 1 aromatic rings. The molecule has 3 heteroatoms. The molecular weight excluding hydrogens is 270 g/mol. The summed E-state index contributed by atoms with van der Waals surface area (Å²) in [5.74, 6) is -0.0181. The molecule has 20 heavy (non-hydrogen) atoms. The molecule has 0 aliphatic heterocycles. The lowest BCUT2D eigenvalue weighted by atomic mass is 9.97. The van der Waals surface area contributed by atoms with Crippen molar-refractivity contribution < 1.29 is 4.79 Å². The van der Waals surface area contributed by atoms with Crippen LogP contribution >= 0.6 is 11.6 Å². The standard InChI is InChI=1S/C17H22ClNO/c18-16-11-7-6-8-14(16)12-13-17(20)19-15-9-4-2-1-3-5-10-15/h6-8,11-13,15H,1-5,9-10H2,(H,19,20). The van der Waals surface area contributed by atoms with Crippen LogP contribution in [0.5, 0.6) is 0 Å². The molecule has 0 radical (unpaired) electrons. The number of hydrogen-bond acceptors (Lipinski definition) is 1. The molecule has 0 saturated heterocycles. The van der Waals surface area contributed by atoms with Crippen LogP contribution in [0.15, 0.2) is 30.3 Å². The van der Waals surface area contributed by atoms with Crippen LogP contribution < -0.4 is 5.32 Å². The van der Waals surface area contributed by atoms with Gasteiger partial charge in [-0.05, 0) is 30.5 Å². The van der Waals surface area contributed by atoms with E-state index in [0.29, 0.717) is 11.1 Å². The summed E-state index contributed by atoms with van der Waals surface area (Å²) in [4.78, 5) is 12.0. The average molecular weight is 292 g/mol. The van der Waals surface area contributed by atoms with Crippen molar-refractivity contribution in [3.05, 3.63) is 40.9 Å². The number of benzene rings is 1. The van der Waals surface area contributed by atoms with Crippen LogP contribution in [0, 0.1) is 0 Å². The Bertz CT molecular complexity index is 462. The van der Waals surface area contributed by atoms with Gasteiger partial charge in [0.1, 0.15) is 0 Å². The number of carbonyl (C=O) groups is 1. The van der Waals surface area contributed by atoms with Gasteiger partial charge in [0.2, 0.25) is 5.91 Å². The van der Waals surface area contributed by atoms with Gasteiger partial charge in [0.05, 0.1) is 0 Å². The van der Waals surface area contributed by atoms with Crippen molar-refractivity contribution in [2.45, 2.75) is 51.0 Å². The Kier molecular flexibility index (Phi) is 6.13. The van der Waals surface area contributed by atoms with Crippen LogP contribution in [0.3, 0.4) is 0 Å². The normalized spacial score (nSPS) is 17.6. The molecule has 108 valence electrons. The molecule has 1 amide bonds. The van der Waals surface area contributed by atoms with Crippen LogP contribution in [-0.2, 0) is 4.79 Å². The first-order valence-electron chi connectivity index (χ1n) is 7.49. The first-order chi connectivity index (χ1) is 9.75. The van der Waals surface area contributed by atoms with E-state index in [0.717, 1.165) is 18.4 Å². The summed E-state index contributed by atoms with van der Waals surface area (Å²) in [5.41, 5.74) is 0.877. The predicted octanol–water partition coefficient (Wildman–Crippen LogP) is 4.58. The van der Waals surface area contributed by atoms with E-state index in [1.54, 1.807) is 12.2 Å². The summed E-state index contributed by atoms with van der Waals surface area (Å²) in [6, 6.07) is 7.86. The number of halogens is 1. The third-order valence-corrected chi connectivity index (χ3v) is 4.12. The second-order valence-corrected chi connectivity index (χ2v) is 5.81. The van der Waals surface area contributed by atoms with Crippen molar-refractivity contribution in [1.82, 2.24) is 5.32 Å². The molecule has 0 aromatic heterocycles. The van der Waals surface area contributed by atoms with Crippen LogP contribution in [0.2, 0.25) is 5.02 Å². The summed E-state index contributed by atoms with van der Waals surface area (Å²) in [7, 11) is 0. The molecule has 1 fully saturated rings. The number of amides is 1. The Labute approximate surface area is 126 Å². The highest BCUT2D eigenvalue weighted by molar-refractivity contribution is 6.32. The maximum absolute atomic E-state index is 12.0. The molecule has 2 rings (SSSR count). The lowest BCUT2D eigenvalue weighted by Crippen LogP contribution is -2.34. The Balaban J connectivity index is 1.86. The minimum atomic E-state index is -0.0181. The first kappa shape index (κ1) is 15.1. The lowest BCUT2D eigenvalue weighted by Gasteiger charge is -2.20. The molecule has 1 N–H and O–H groups in total. The van der Waals surface area contributed by atoms with Crippen LogP contribution in [0.4, 0.5) is 0 Å². The van der Waals surface area contributed by atoms with Crippen molar-refractivity contribution in [3.8, 4) is 0 Å².